The van der Waals surface area contributed by atoms with Crippen LogP contribution in [0, 0.1) is 6.92 Å². The van der Waals surface area contributed by atoms with E-state index in [2.05, 4.69) is 15.6 Å². The Morgan fingerprint density at radius 2 is 2.15 bits per heavy atom. The van der Waals surface area contributed by atoms with Crippen LogP contribution in [0.5, 0.6) is 0 Å². The second-order valence-corrected chi connectivity index (χ2v) is 6.62. The molecule has 0 fully saturated rings. The molecule has 0 aliphatic carbocycles. The van der Waals surface area contributed by atoms with Gasteiger partial charge >= 0.3 is 5.97 Å². The van der Waals surface area contributed by atoms with E-state index in [4.69, 9.17) is 9.52 Å². The van der Waals surface area contributed by atoms with Gasteiger partial charge in [-0.15, -0.1) is 11.3 Å². The lowest BCUT2D eigenvalue weighted by Crippen LogP contribution is -2.41. The van der Waals surface area contributed by atoms with Gasteiger partial charge < -0.3 is 14.8 Å². The standard InChI is InChI=1S/C17H21N3O5S/c1-3-4-5-13(16(23)24)19-14(21)8-11-9-26-17(18-11)20-15(22)12-6-7-25-10(12)2/h6-7,9,13H,3-5,8H2,1-2H3,(H,19,21)(H,23,24)(H,18,20,22)/t13-/m0/s1. The third kappa shape index (κ3) is 5.41. The van der Waals surface area contributed by atoms with E-state index >= 15 is 0 Å². The number of nitrogens with one attached hydrogen (secondary N) is 2. The number of nitrogens with zero attached hydrogens (tertiary/aromatic N) is 1. The highest BCUT2D eigenvalue weighted by atomic mass is 32.1. The zero-order valence-corrected chi connectivity index (χ0v) is 15.4. The molecule has 0 radical (unpaired) electrons. The Balaban J connectivity index is 1.91. The van der Waals surface area contributed by atoms with Crippen molar-refractivity contribution >= 4 is 34.3 Å². The fourth-order valence-corrected chi connectivity index (χ4v) is 3.01. The molecule has 3 N–H and O–H groups in total. The van der Waals surface area contributed by atoms with E-state index in [1.165, 1.54) is 17.6 Å². The van der Waals surface area contributed by atoms with Gasteiger partial charge in [-0.05, 0) is 19.4 Å². The molecule has 9 heteroatoms. The lowest BCUT2D eigenvalue weighted by atomic mass is 10.1. The second-order valence-electron chi connectivity index (χ2n) is 5.77. The average molecular weight is 379 g/mol. The Labute approximate surface area is 154 Å². The highest BCUT2D eigenvalue weighted by Gasteiger charge is 2.20. The molecule has 2 amide bonds. The smallest absolute Gasteiger partial charge is 0.326 e. The number of rotatable bonds is 9. The van der Waals surface area contributed by atoms with Crippen LogP contribution in [0.1, 0.15) is 48.0 Å². The summed E-state index contributed by atoms with van der Waals surface area (Å²) in [5.74, 6) is -1.30. The fourth-order valence-electron chi connectivity index (χ4n) is 2.31. The molecule has 0 aromatic carbocycles. The number of thiazole rings is 1. The van der Waals surface area contributed by atoms with Gasteiger partial charge in [0.2, 0.25) is 5.91 Å². The first-order valence-corrected chi connectivity index (χ1v) is 9.10. The van der Waals surface area contributed by atoms with Crippen LogP contribution in [0.2, 0.25) is 0 Å². The van der Waals surface area contributed by atoms with Gasteiger partial charge in [0.15, 0.2) is 5.13 Å². The van der Waals surface area contributed by atoms with Crippen LogP contribution in [0.3, 0.4) is 0 Å². The maximum Gasteiger partial charge on any atom is 0.326 e. The van der Waals surface area contributed by atoms with Crippen LogP contribution >= 0.6 is 11.3 Å². The molecule has 0 bridgehead atoms. The number of aromatic nitrogens is 1. The number of hydrogen-bond donors (Lipinski definition) is 3. The number of furan rings is 1. The lowest BCUT2D eigenvalue weighted by molar-refractivity contribution is -0.142. The normalized spacial score (nSPS) is 11.8. The molecule has 2 rings (SSSR count). The highest BCUT2D eigenvalue weighted by Crippen LogP contribution is 2.18. The predicted octanol–water partition coefficient (Wildman–Crippen LogP) is 2.60. The molecule has 0 spiro atoms. The fraction of sp³-hybridized carbons (Fsp3) is 0.412. The topological polar surface area (TPSA) is 122 Å². The van der Waals surface area contributed by atoms with E-state index in [-0.39, 0.29) is 12.3 Å². The molecular formula is C17H21N3O5S. The van der Waals surface area contributed by atoms with Gasteiger partial charge in [-0.3, -0.25) is 14.9 Å². The zero-order valence-electron chi connectivity index (χ0n) is 14.6. The quantitative estimate of drug-likeness (QED) is 0.616. The van der Waals surface area contributed by atoms with Crippen molar-refractivity contribution in [3.05, 3.63) is 34.7 Å². The molecule has 0 saturated heterocycles. The van der Waals surface area contributed by atoms with Gasteiger partial charge in [0.25, 0.3) is 5.91 Å². The van der Waals surface area contributed by atoms with Gasteiger partial charge in [-0.1, -0.05) is 19.8 Å². The lowest BCUT2D eigenvalue weighted by Gasteiger charge is -2.13. The van der Waals surface area contributed by atoms with E-state index < -0.39 is 17.9 Å². The molecule has 2 heterocycles. The number of amides is 2. The van der Waals surface area contributed by atoms with Crippen LogP contribution in [-0.4, -0.2) is 33.9 Å². The monoisotopic (exact) mass is 379 g/mol. The zero-order chi connectivity index (χ0) is 19.1. The Hall–Kier alpha value is -2.68. The largest absolute Gasteiger partial charge is 0.480 e. The molecule has 2 aromatic rings. The van der Waals surface area contributed by atoms with Gasteiger partial charge in [0, 0.05) is 5.38 Å². The van der Waals surface area contributed by atoms with Crippen molar-refractivity contribution in [2.75, 3.05) is 5.32 Å². The van der Waals surface area contributed by atoms with Crippen LogP contribution in [0.4, 0.5) is 5.13 Å². The minimum absolute atomic E-state index is 0.0486. The summed E-state index contributed by atoms with van der Waals surface area (Å²) in [7, 11) is 0. The van der Waals surface area contributed by atoms with Crippen molar-refractivity contribution in [2.45, 2.75) is 45.6 Å². The van der Waals surface area contributed by atoms with E-state index in [9.17, 15) is 14.4 Å². The maximum absolute atomic E-state index is 12.1. The molecule has 1 atom stereocenters. The number of aryl methyl sites for hydroxylation is 1. The molecular weight excluding hydrogens is 358 g/mol. The van der Waals surface area contributed by atoms with Crippen LogP contribution in [0.25, 0.3) is 0 Å². The highest BCUT2D eigenvalue weighted by molar-refractivity contribution is 7.14. The van der Waals surface area contributed by atoms with E-state index in [1.807, 2.05) is 6.92 Å². The minimum Gasteiger partial charge on any atom is -0.480 e. The number of carboxylic acids is 1. The number of carbonyl (C=O) groups excluding carboxylic acids is 2. The van der Waals surface area contributed by atoms with Crippen molar-refractivity contribution in [1.29, 1.82) is 0 Å². The Morgan fingerprint density at radius 1 is 1.38 bits per heavy atom. The molecule has 0 aliphatic heterocycles. The first kappa shape index (κ1) is 19.6. The summed E-state index contributed by atoms with van der Waals surface area (Å²) in [6.45, 7) is 3.64. The summed E-state index contributed by atoms with van der Waals surface area (Å²) >= 11 is 1.19. The summed E-state index contributed by atoms with van der Waals surface area (Å²) in [4.78, 5) is 39.5. The van der Waals surface area contributed by atoms with Crippen LogP contribution < -0.4 is 10.6 Å². The van der Waals surface area contributed by atoms with E-state index in [0.29, 0.717) is 28.6 Å². The van der Waals surface area contributed by atoms with Gasteiger partial charge in [-0.2, -0.15) is 0 Å². The van der Waals surface area contributed by atoms with Crippen molar-refractivity contribution in [2.24, 2.45) is 0 Å². The summed E-state index contributed by atoms with van der Waals surface area (Å²) in [6, 6.07) is 0.666. The number of anilines is 1. The summed E-state index contributed by atoms with van der Waals surface area (Å²) < 4.78 is 5.09. The first-order chi connectivity index (χ1) is 12.4. The predicted molar refractivity (Wildman–Crippen MR) is 96.3 cm³/mol. The van der Waals surface area contributed by atoms with Crippen molar-refractivity contribution in [1.82, 2.24) is 10.3 Å². The third-order valence-electron chi connectivity index (χ3n) is 3.70. The molecule has 0 unspecified atom stereocenters. The van der Waals surface area contributed by atoms with Crippen LogP contribution in [-0.2, 0) is 16.0 Å². The molecule has 0 saturated carbocycles. The SMILES string of the molecule is CCCC[C@H](NC(=O)Cc1csc(NC(=O)c2ccoc2C)n1)C(=O)O. The van der Waals surface area contributed by atoms with Crippen molar-refractivity contribution in [3.8, 4) is 0 Å². The number of aliphatic carboxylic acids is 1. The van der Waals surface area contributed by atoms with Gasteiger partial charge in [0.1, 0.15) is 11.8 Å². The Morgan fingerprint density at radius 3 is 2.77 bits per heavy atom. The van der Waals surface area contributed by atoms with Crippen LogP contribution in [0.15, 0.2) is 22.1 Å². The van der Waals surface area contributed by atoms with Crippen molar-refractivity contribution < 1.29 is 23.9 Å². The summed E-state index contributed by atoms with van der Waals surface area (Å²) in [6.07, 6.45) is 3.34. The number of carbonyl (C=O) groups is 3. The molecule has 26 heavy (non-hydrogen) atoms. The summed E-state index contributed by atoms with van der Waals surface area (Å²) in [5, 5.41) is 16.3. The molecule has 0 aliphatic rings. The summed E-state index contributed by atoms with van der Waals surface area (Å²) in [5.41, 5.74) is 0.881. The van der Waals surface area contributed by atoms with E-state index in [0.717, 1.165) is 12.8 Å². The number of unbranched alkanes of at least 4 members (excludes halogenated alkanes) is 1. The molecule has 2 aromatic heterocycles. The Bertz CT molecular complexity index is 783. The number of hydrogen-bond acceptors (Lipinski definition) is 6. The molecule has 8 nitrogen and oxygen atoms in total. The minimum atomic E-state index is -1.05. The van der Waals surface area contributed by atoms with Crippen molar-refractivity contribution in [3.63, 3.8) is 0 Å². The van der Waals surface area contributed by atoms with E-state index in [1.54, 1.807) is 18.4 Å². The first-order valence-electron chi connectivity index (χ1n) is 8.22. The molecule has 140 valence electrons. The second kappa shape index (κ2) is 9.14. The third-order valence-corrected chi connectivity index (χ3v) is 4.50. The number of carboxylic acid groups (broad SMARTS) is 1. The Kier molecular flexibility index (Phi) is 6.90. The van der Waals surface area contributed by atoms with Gasteiger partial charge in [0.05, 0.1) is 23.9 Å². The maximum atomic E-state index is 12.1. The average Bonchev–Trinajstić information content (AvgIpc) is 3.20. The van der Waals surface area contributed by atoms with Gasteiger partial charge in [-0.25, -0.2) is 9.78 Å².